The summed E-state index contributed by atoms with van der Waals surface area (Å²) in [6.45, 7) is 5.66. The van der Waals surface area contributed by atoms with Crippen LogP contribution in [0.3, 0.4) is 0 Å². The number of ether oxygens (including phenoxy) is 1. The largest absolute Gasteiger partial charge is 0.465 e. The van der Waals surface area contributed by atoms with Crippen LogP contribution in [0.25, 0.3) is 0 Å². The zero-order chi connectivity index (χ0) is 18.1. The molecule has 0 aromatic heterocycles. The van der Waals surface area contributed by atoms with Gasteiger partial charge in [-0.1, -0.05) is 0 Å². The summed E-state index contributed by atoms with van der Waals surface area (Å²) in [5.41, 5.74) is 1.01. The lowest BCUT2D eigenvalue weighted by Gasteiger charge is -2.20. The predicted molar refractivity (Wildman–Crippen MR) is 91.0 cm³/mol. The molecule has 1 unspecified atom stereocenters. The van der Waals surface area contributed by atoms with Gasteiger partial charge >= 0.3 is 5.97 Å². The minimum atomic E-state index is -0.424. The number of nitrogens with zero attached hydrogens (tertiary/aromatic N) is 1. The number of likely N-dealkylation sites (N-methyl/N-ethyl adjacent to an activating group) is 2. The summed E-state index contributed by atoms with van der Waals surface area (Å²) in [4.78, 5) is 38.0. The van der Waals surface area contributed by atoms with E-state index in [0.29, 0.717) is 24.3 Å². The van der Waals surface area contributed by atoms with Crippen molar-refractivity contribution in [1.82, 2.24) is 4.90 Å². The van der Waals surface area contributed by atoms with E-state index in [1.165, 1.54) is 7.11 Å². The van der Waals surface area contributed by atoms with Gasteiger partial charge in [-0.3, -0.25) is 9.59 Å². The zero-order valence-electron chi connectivity index (χ0n) is 14.7. The summed E-state index contributed by atoms with van der Waals surface area (Å²) < 4.78 is 4.62. The highest BCUT2D eigenvalue weighted by molar-refractivity contribution is 5.93. The van der Waals surface area contributed by atoms with Gasteiger partial charge in [0.1, 0.15) is 0 Å². The molecule has 0 aliphatic heterocycles. The van der Waals surface area contributed by atoms with Crippen molar-refractivity contribution in [1.29, 1.82) is 0 Å². The third-order valence-electron chi connectivity index (χ3n) is 3.62. The Bertz CT molecular complexity index is 568. The first-order chi connectivity index (χ1) is 11.4. The third kappa shape index (κ3) is 6.00. The fourth-order valence-electron chi connectivity index (χ4n) is 2.30. The van der Waals surface area contributed by atoms with Crippen LogP contribution in [-0.4, -0.2) is 63.0 Å². The Balaban J connectivity index is 2.50. The van der Waals surface area contributed by atoms with Gasteiger partial charge in [-0.15, -0.1) is 0 Å². The fourth-order valence-corrected chi connectivity index (χ4v) is 2.30. The number of rotatable bonds is 8. The highest BCUT2D eigenvalue weighted by Crippen LogP contribution is 2.09. The number of benzene rings is 1. The van der Waals surface area contributed by atoms with E-state index in [1.54, 1.807) is 36.2 Å². The molecule has 0 aliphatic carbocycles. The number of hydrogen-bond donors (Lipinski definition) is 2. The number of carbonyl (C=O) groups excluding carboxylic acids is 3. The fraction of sp³-hybridized carbons (Fsp3) is 0.471. The molecule has 7 nitrogen and oxygen atoms in total. The average molecular weight is 336 g/mol. The molecular weight excluding hydrogens is 310 g/mol. The number of hydrogen-bond acceptors (Lipinski definition) is 4. The van der Waals surface area contributed by atoms with E-state index in [1.807, 2.05) is 13.8 Å². The summed E-state index contributed by atoms with van der Waals surface area (Å²) in [6, 6.07) is 6.45. The zero-order valence-corrected chi connectivity index (χ0v) is 14.7. The smallest absolute Gasteiger partial charge is 0.337 e. The molecular formula is C17H26N3O4+. The molecule has 1 aromatic rings. The SMILES string of the molecule is CCN(CC)C(=O)C[NH+](C)CC(=O)Nc1ccc(C(=O)OC)cc1. The monoisotopic (exact) mass is 336 g/mol. The molecule has 0 saturated heterocycles. The lowest BCUT2D eigenvalue weighted by Crippen LogP contribution is -3.11. The minimum absolute atomic E-state index is 0.0349. The maximum Gasteiger partial charge on any atom is 0.337 e. The Morgan fingerprint density at radius 1 is 1.08 bits per heavy atom. The molecule has 0 bridgehead atoms. The van der Waals surface area contributed by atoms with Crippen molar-refractivity contribution in [2.45, 2.75) is 13.8 Å². The van der Waals surface area contributed by atoms with Crippen LogP contribution in [0.4, 0.5) is 5.69 Å². The Kier molecular flexibility index (Phi) is 7.91. The number of anilines is 1. The normalized spacial score (nSPS) is 11.5. The van der Waals surface area contributed by atoms with Crippen LogP contribution >= 0.6 is 0 Å². The summed E-state index contributed by atoms with van der Waals surface area (Å²) in [5, 5.41) is 2.75. The Morgan fingerprint density at radius 3 is 2.17 bits per heavy atom. The number of nitrogens with one attached hydrogen (secondary N) is 2. The van der Waals surface area contributed by atoms with Crippen LogP contribution in [0.1, 0.15) is 24.2 Å². The first kappa shape index (κ1) is 19.6. The number of quaternary nitrogens is 1. The van der Waals surface area contributed by atoms with Crippen LogP contribution in [0.2, 0.25) is 0 Å². The van der Waals surface area contributed by atoms with Gasteiger partial charge < -0.3 is 19.9 Å². The number of esters is 1. The van der Waals surface area contributed by atoms with E-state index in [-0.39, 0.29) is 24.9 Å². The second kappa shape index (κ2) is 9.67. The summed E-state index contributed by atoms with van der Waals surface area (Å²) in [6.07, 6.45) is 0. The standard InChI is InChI=1S/C17H25N3O4/c1-5-20(6-2)16(22)12-19(3)11-15(21)18-14-9-7-13(8-10-14)17(23)24-4/h7-10H,5-6,11-12H2,1-4H3,(H,18,21)/p+1. The van der Waals surface area contributed by atoms with Crippen LogP contribution in [-0.2, 0) is 14.3 Å². The van der Waals surface area contributed by atoms with Gasteiger partial charge in [0.2, 0.25) is 0 Å². The van der Waals surface area contributed by atoms with Crippen molar-refractivity contribution >= 4 is 23.5 Å². The Hall–Kier alpha value is -2.41. The van der Waals surface area contributed by atoms with Gasteiger partial charge in [-0.25, -0.2) is 4.79 Å². The molecule has 132 valence electrons. The minimum Gasteiger partial charge on any atom is -0.465 e. The maximum atomic E-state index is 12.0. The highest BCUT2D eigenvalue weighted by Gasteiger charge is 2.17. The van der Waals surface area contributed by atoms with Crippen LogP contribution in [0.5, 0.6) is 0 Å². The lowest BCUT2D eigenvalue weighted by atomic mass is 10.2. The van der Waals surface area contributed by atoms with Gasteiger partial charge in [-0.2, -0.15) is 0 Å². The molecule has 0 fully saturated rings. The number of amides is 2. The van der Waals surface area contributed by atoms with E-state index in [2.05, 4.69) is 10.1 Å². The van der Waals surface area contributed by atoms with Crippen LogP contribution in [0.15, 0.2) is 24.3 Å². The van der Waals surface area contributed by atoms with E-state index in [0.717, 1.165) is 4.90 Å². The predicted octanol–water partition coefficient (Wildman–Crippen LogP) is -0.205. The summed E-state index contributed by atoms with van der Waals surface area (Å²) >= 11 is 0. The van der Waals surface area contributed by atoms with Gasteiger partial charge in [0.25, 0.3) is 11.8 Å². The topological polar surface area (TPSA) is 80.2 Å². The quantitative estimate of drug-likeness (QED) is 0.644. The molecule has 0 aliphatic rings. The Morgan fingerprint density at radius 2 is 1.67 bits per heavy atom. The lowest BCUT2D eigenvalue weighted by molar-refractivity contribution is -0.862. The van der Waals surface area contributed by atoms with Crippen LogP contribution < -0.4 is 10.2 Å². The molecule has 24 heavy (non-hydrogen) atoms. The third-order valence-corrected chi connectivity index (χ3v) is 3.62. The van der Waals surface area contributed by atoms with Crippen molar-refractivity contribution in [3.8, 4) is 0 Å². The number of carbonyl (C=O) groups is 3. The summed E-state index contributed by atoms with van der Waals surface area (Å²) in [7, 11) is 3.12. The Labute approximate surface area is 142 Å². The number of methoxy groups -OCH3 is 1. The molecule has 0 saturated carbocycles. The molecule has 7 heteroatoms. The van der Waals surface area contributed by atoms with Crippen molar-refractivity contribution in [2.24, 2.45) is 0 Å². The van der Waals surface area contributed by atoms with Gasteiger partial charge in [0, 0.05) is 18.8 Å². The van der Waals surface area contributed by atoms with Crippen molar-refractivity contribution in [3.63, 3.8) is 0 Å². The second-order valence-corrected chi connectivity index (χ2v) is 5.49. The first-order valence-electron chi connectivity index (χ1n) is 7.98. The van der Waals surface area contributed by atoms with E-state index >= 15 is 0 Å². The first-order valence-corrected chi connectivity index (χ1v) is 7.98. The van der Waals surface area contributed by atoms with Crippen molar-refractivity contribution in [2.75, 3.05) is 45.7 Å². The average Bonchev–Trinajstić information content (AvgIpc) is 2.55. The summed E-state index contributed by atoms with van der Waals surface area (Å²) in [5.74, 6) is -0.578. The molecule has 0 heterocycles. The van der Waals surface area contributed by atoms with E-state index < -0.39 is 5.97 Å². The maximum absolute atomic E-state index is 12.0. The van der Waals surface area contributed by atoms with Crippen molar-refractivity contribution < 1.29 is 24.0 Å². The molecule has 0 radical (unpaired) electrons. The van der Waals surface area contributed by atoms with Gasteiger partial charge in [0.15, 0.2) is 13.1 Å². The van der Waals surface area contributed by atoms with E-state index in [9.17, 15) is 14.4 Å². The molecule has 1 atom stereocenters. The highest BCUT2D eigenvalue weighted by atomic mass is 16.5. The molecule has 2 amide bonds. The van der Waals surface area contributed by atoms with E-state index in [4.69, 9.17) is 0 Å². The molecule has 1 rings (SSSR count). The van der Waals surface area contributed by atoms with Crippen LogP contribution in [0, 0.1) is 0 Å². The van der Waals surface area contributed by atoms with Crippen molar-refractivity contribution in [3.05, 3.63) is 29.8 Å². The molecule has 1 aromatic carbocycles. The molecule has 2 N–H and O–H groups in total. The second-order valence-electron chi connectivity index (χ2n) is 5.49. The van der Waals surface area contributed by atoms with Gasteiger partial charge in [-0.05, 0) is 38.1 Å². The van der Waals surface area contributed by atoms with Gasteiger partial charge in [0.05, 0.1) is 19.7 Å². The molecule has 0 spiro atoms.